The Labute approximate surface area is 144 Å². The van der Waals surface area contributed by atoms with Crippen LogP contribution in [0.25, 0.3) is 0 Å². The largest absolute Gasteiger partial charge is 0.457 e. The van der Waals surface area contributed by atoms with Gasteiger partial charge < -0.3 is 19.9 Å². The Balaban J connectivity index is 1.74. The molecule has 124 valence electrons. The normalized spacial score (nSPS) is 12.0. The summed E-state index contributed by atoms with van der Waals surface area (Å²) in [6.07, 6.45) is 0. The van der Waals surface area contributed by atoms with Crippen molar-refractivity contribution in [3.8, 4) is 11.5 Å². The zero-order chi connectivity index (χ0) is 17.3. The van der Waals surface area contributed by atoms with Crippen LogP contribution in [0, 0.1) is 10.1 Å². The van der Waals surface area contributed by atoms with E-state index in [9.17, 15) is 14.9 Å². The SMILES string of the molecule is Nc1ccc(C(=O)OCc2cc3c(cc2Br)OCO3)cc1[N+](=O)[O-]. The standard InChI is InChI=1S/C15H11BrN2O6/c16-10-5-14-13(23-7-24-14)4-9(10)6-22-15(19)8-1-2-11(17)12(3-8)18(20)21/h1-5H,6-7,17H2. The smallest absolute Gasteiger partial charge is 0.338 e. The molecule has 3 rings (SSSR count). The van der Waals surface area contributed by atoms with Crippen LogP contribution < -0.4 is 15.2 Å². The second kappa shape index (κ2) is 6.36. The molecule has 2 N–H and O–H groups in total. The van der Waals surface area contributed by atoms with E-state index in [0.29, 0.717) is 21.5 Å². The van der Waals surface area contributed by atoms with Crippen LogP contribution >= 0.6 is 15.9 Å². The van der Waals surface area contributed by atoms with E-state index in [1.54, 1.807) is 12.1 Å². The minimum atomic E-state index is -0.692. The summed E-state index contributed by atoms with van der Waals surface area (Å²) >= 11 is 3.36. The second-order valence-corrected chi connectivity index (χ2v) is 5.76. The lowest BCUT2D eigenvalue weighted by Crippen LogP contribution is -2.07. The van der Waals surface area contributed by atoms with Gasteiger partial charge in [-0.25, -0.2) is 4.79 Å². The third-order valence-corrected chi connectivity index (χ3v) is 4.10. The number of carbonyl (C=O) groups excluding carboxylic acids is 1. The van der Waals surface area contributed by atoms with Crippen LogP contribution in [-0.2, 0) is 11.3 Å². The monoisotopic (exact) mass is 394 g/mol. The topological polar surface area (TPSA) is 114 Å². The van der Waals surface area contributed by atoms with Gasteiger partial charge in [-0.3, -0.25) is 10.1 Å². The summed E-state index contributed by atoms with van der Waals surface area (Å²) in [5.41, 5.74) is 5.87. The average Bonchev–Trinajstić information content (AvgIpc) is 2.99. The van der Waals surface area contributed by atoms with Gasteiger partial charge in [0.05, 0.1) is 10.5 Å². The molecule has 0 saturated carbocycles. The van der Waals surface area contributed by atoms with Crippen molar-refractivity contribution in [2.75, 3.05) is 12.5 Å². The minimum absolute atomic E-state index is 0.0185. The lowest BCUT2D eigenvalue weighted by atomic mass is 10.1. The molecule has 24 heavy (non-hydrogen) atoms. The van der Waals surface area contributed by atoms with E-state index in [1.807, 2.05) is 0 Å². The highest BCUT2D eigenvalue weighted by Crippen LogP contribution is 2.37. The van der Waals surface area contributed by atoms with E-state index in [-0.39, 0.29) is 30.3 Å². The van der Waals surface area contributed by atoms with Crippen molar-refractivity contribution in [1.82, 2.24) is 0 Å². The highest BCUT2D eigenvalue weighted by molar-refractivity contribution is 9.10. The average molecular weight is 395 g/mol. The fraction of sp³-hybridized carbons (Fsp3) is 0.133. The number of anilines is 1. The highest BCUT2D eigenvalue weighted by atomic mass is 79.9. The van der Waals surface area contributed by atoms with Crippen LogP contribution in [0.4, 0.5) is 11.4 Å². The molecule has 0 saturated heterocycles. The van der Waals surface area contributed by atoms with Crippen molar-refractivity contribution in [2.45, 2.75) is 6.61 Å². The Bertz CT molecular complexity index is 839. The molecular weight excluding hydrogens is 384 g/mol. The van der Waals surface area contributed by atoms with Crippen molar-refractivity contribution in [3.63, 3.8) is 0 Å². The number of nitrogen functional groups attached to an aromatic ring is 1. The Morgan fingerprint density at radius 1 is 1.29 bits per heavy atom. The quantitative estimate of drug-likeness (QED) is 0.366. The van der Waals surface area contributed by atoms with E-state index >= 15 is 0 Å². The molecule has 0 aromatic heterocycles. The molecule has 2 aromatic rings. The first kappa shape index (κ1) is 16.1. The van der Waals surface area contributed by atoms with Gasteiger partial charge in [0, 0.05) is 16.1 Å². The van der Waals surface area contributed by atoms with E-state index in [1.165, 1.54) is 12.1 Å². The summed E-state index contributed by atoms with van der Waals surface area (Å²) in [5, 5.41) is 10.9. The maximum absolute atomic E-state index is 12.1. The van der Waals surface area contributed by atoms with Gasteiger partial charge in [-0.1, -0.05) is 15.9 Å². The summed E-state index contributed by atoms with van der Waals surface area (Å²) in [4.78, 5) is 22.3. The fourth-order valence-electron chi connectivity index (χ4n) is 2.13. The van der Waals surface area contributed by atoms with E-state index in [0.717, 1.165) is 6.07 Å². The van der Waals surface area contributed by atoms with Crippen molar-refractivity contribution in [2.24, 2.45) is 0 Å². The molecule has 1 aliphatic heterocycles. The number of fused-ring (bicyclic) bond motifs is 1. The van der Waals surface area contributed by atoms with Crippen molar-refractivity contribution in [3.05, 3.63) is 56.0 Å². The Hall–Kier alpha value is -2.81. The number of halogens is 1. The number of nitrogens with two attached hydrogens (primary N) is 1. The molecule has 1 aliphatic rings. The summed E-state index contributed by atoms with van der Waals surface area (Å²) in [6.45, 7) is 0.106. The third kappa shape index (κ3) is 3.11. The number of nitrogens with zero attached hydrogens (tertiary/aromatic N) is 1. The van der Waals surface area contributed by atoms with Gasteiger partial charge in [0.2, 0.25) is 6.79 Å². The number of carbonyl (C=O) groups is 1. The van der Waals surface area contributed by atoms with Crippen LogP contribution in [0.1, 0.15) is 15.9 Å². The molecule has 0 bridgehead atoms. The molecule has 0 atom stereocenters. The van der Waals surface area contributed by atoms with Crippen molar-refractivity contribution < 1.29 is 23.9 Å². The molecule has 9 heteroatoms. The van der Waals surface area contributed by atoms with Crippen LogP contribution in [0.3, 0.4) is 0 Å². The lowest BCUT2D eigenvalue weighted by Gasteiger charge is -2.08. The summed E-state index contributed by atoms with van der Waals surface area (Å²) in [5.74, 6) is 0.473. The maximum atomic E-state index is 12.1. The number of hydrogen-bond acceptors (Lipinski definition) is 7. The third-order valence-electron chi connectivity index (χ3n) is 3.36. The van der Waals surface area contributed by atoms with Crippen LogP contribution in [0.5, 0.6) is 11.5 Å². The van der Waals surface area contributed by atoms with Crippen LogP contribution in [0.2, 0.25) is 0 Å². The molecule has 1 heterocycles. The first-order valence-corrected chi connectivity index (χ1v) is 7.54. The van der Waals surface area contributed by atoms with Gasteiger partial charge in [-0.15, -0.1) is 0 Å². The molecule has 8 nitrogen and oxygen atoms in total. The van der Waals surface area contributed by atoms with Gasteiger partial charge in [0.15, 0.2) is 11.5 Å². The number of nitro groups is 1. The number of esters is 1. The molecule has 0 radical (unpaired) electrons. The molecule has 0 aliphatic carbocycles. The van der Waals surface area contributed by atoms with E-state index in [2.05, 4.69) is 15.9 Å². The Morgan fingerprint density at radius 2 is 2.00 bits per heavy atom. The molecule has 2 aromatic carbocycles. The Morgan fingerprint density at radius 3 is 2.71 bits per heavy atom. The van der Waals surface area contributed by atoms with Gasteiger partial charge in [-0.05, 0) is 24.3 Å². The van der Waals surface area contributed by atoms with Gasteiger partial charge in [0.1, 0.15) is 12.3 Å². The number of benzene rings is 2. The second-order valence-electron chi connectivity index (χ2n) is 4.90. The number of hydrogen-bond donors (Lipinski definition) is 1. The summed E-state index contributed by atoms with van der Waals surface area (Å²) in [6, 6.07) is 7.18. The fourth-order valence-corrected chi connectivity index (χ4v) is 2.56. The van der Waals surface area contributed by atoms with Crippen molar-refractivity contribution in [1.29, 1.82) is 0 Å². The zero-order valence-corrected chi connectivity index (χ0v) is 13.7. The molecule has 0 unspecified atom stereocenters. The Kier molecular flexibility index (Phi) is 4.26. The lowest BCUT2D eigenvalue weighted by molar-refractivity contribution is -0.383. The number of rotatable bonds is 4. The predicted molar refractivity (Wildman–Crippen MR) is 86.9 cm³/mol. The number of ether oxygens (including phenoxy) is 3. The first-order chi connectivity index (χ1) is 11.5. The minimum Gasteiger partial charge on any atom is -0.457 e. The maximum Gasteiger partial charge on any atom is 0.338 e. The number of nitro benzene ring substituents is 1. The van der Waals surface area contributed by atoms with Crippen molar-refractivity contribution >= 4 is 33.3 Å². The molecule has 0 fully saturated rings. The van der Waals surface area contributed by atoms with E-state index in [4.69, 9.17) is 19.9 Å². The highest BCUT2D eigenvalue weighted by Gasteiger charge is 2.19. The van der Waals surface area contributed by atoms with Gasteiger partial charge in [-0.2, -0.15) is 0 Å². The van der Waals surface area contributed by atoms with Crippen LogP contribution in [-0.4, -0.2) is 17.7 Å². The molecule has 0 amide bonds. The van der Waals surface area contributed by atoms with Gasteiger partial charge in [0.25, 0.3) is 5.69 Å². The van der Waals surface area contributed by atoms with Gasteiger partial charge >= 0.3 is 5.97 Å². The predicted octanol–water partition coefficient (Wildman–Crippen LogP) is 3.03. The summed E-state index contributed by atoms with van der Waals surface area (Å²) < 4.78 is 16.4. The zero-order valence-electron chi connectivity index (χ0n) is 12.2. The summed E-state index contributed by atoms with van der Waals surface area (Å²) in [7, 11) is 0. The van der Waals surface area contributed by atoms with E-state index < -0.39 is 10.9 Å². The molecule has 0 spiro atoms. The molecular formula is C15H11BrN2O6. The van der Waals surface area contributed by atoms with Crippen LogP contribution in [0.15, 0.2) is 34.8 Å². The first-order valence-electron chi connectivity index (χ1n) is 6.75.